The van der Waals surface area contributed by atoms with E-state index in [2.05, 4.69) is 49.6 Å². The van der Waals surface area contributed by atoms with Gasteiger partial charge in [-0.2, -0.15) is 5.10 Å². The largest absolute Gasteiger partial charge is 0.493 e. The van der Waals surface area contributed by atoms with Crippen LogP contribution in [0.5, 0.6) is 11.5 Å². The second-order valence-electron chi connectivity index (χ2n) is 9.81. The number of anilines is 3. The summed E-state index contributed by atoms with van der Waals surface area (Å²) in [5.41, 5.74) is 10.7. The molecule has 3 aromatic carbocycles. The minimum Gasteiger partial charge on any atom is -0.493 e. The van der Waals surface area contributed by atoms with Gasteiger partial charge >= 0.3 is 0 Å². The first-order chi connectivity index (χ1) is 19.9. The van der Waals surface area contributed by atoms with Crippen LogP contribution in [0.4, 0.5) is 17.1 Å². The van der Waals surface area contributed by atoms with Crippen LogP contribution in [0.25, 0.3) is 11.1 Å². The molecule has 2 N–H and O–H groups in total. The lowest BCUT2D eigenvalue weighted by molar-refractivity contribution is 0.102. The van der Waals surface area contributed by atoms with Crippen molar-refractivity contribution in [2.45, 2.75) is 33.4 Å². The average Bonchev–Trinajstić information content (AvgIpc) is 3.56. The molecule has 0 saturated heterocycles. The van der Waals surface area contributed by atoms with Gasteiger partial charge in [0.1, 0.15) is 6.61 Å². The van der Waals surface area contributed by atoms with Gasteiger partial charge in [-0.3, -0.25) is 9.48 Å². The number of benzene rings is 3. The number of aromatic nitrogens is 3. The fraction of sp³-hybridized carbons (Fsp3) is 0.194. The van der Waals surface area contributed by atoms with E-state index in [9.17, 15) is 4.79 Å². The lowest BCUT2D eigenvalue weighted by Crippen LogP contribution is -2.11. The molecule has 0 saturated carbocycles. The van der Waals surface area contributed by atoms with Crippen molar-refractivity contribution in [2.75, 3.05) is 17.7 Å². The zero-order valence-corrected chi connectivity index (χ0v) is 25.2. The van der Waals surface area contributed by atoms with Crippen molar-refractivity contribution in [1.29, 1.82) is 0 Å². The summed E-state index contributed by atoms with van der Waals surface area (Å²) < 4.78 is 14.6. The van der Waals surface area contributed by atoms with Gasteiger partial charge in [0.05, 0.1) is 51.1 Å². The van der Waals surface area contributed by atoms with Gasteiger partial charge in [0, 0.05) is 17.6 Å². The number of hydrogen-bond donors (Lipinski definition) is 2. The number of carbonyl (C=O) groups excluding carboxylic acids is 1. The van der Waals surface area contributed by atoms with E-state index < -0.39 is 0 Å². The fourth-order valence-corrected chi connectivity index (χ4v) is 5.70. The highest BCUT2D eigenvalue weighted by Gasteiger charge is 2.20. The Morgan fingerprint density at radius 3 is 2.54 bits per heavy atom. The Morgan fingerprint density at radius 2 is 1.78 bits per heavy atom. The Labute approximate surface area is 250 Å². The van der Waals surface area contributed by atoms with E-state index in [0.29, 0.717) is 23.7 Å². The van der Waals surface area contributed by atoms with E-state index >= 15 is 0 Å². The SMILES string of the molecule is COc1cc(-c2ccc3c(c2)Nc2ccc(CCn4nc(C)c(Br)c4C)cc2NC3=O)ccc1OCc1cscn1. The van der Waals surface area contributed by atoms with Gasteiger partial charge < -0.3 is 20.1 Å². The van der Waals surface area contributed by atoms with E-state index in [0.717, 1.165) is 68.3 Å². The zero-order chi connectivity index (χ0) is 28.5. The van der Waals surface area contributed by atoms with Gasteiger partial charge in [0.15, 0.2) is 11.5 Å². The van der Waals surface area contributed by atoms with E-state index in [1.807, 2.05) is 65.5 Å². The number of nitrogens with zero attached hydrogens (tertiary/aromatic N) is 3. The van der Waals surface area contributed by atoms with Gasteiger partial charge in [-0.05, 0) is 89.3 Å². The maximum atomic E-state index is 13.2. The molecule has 0 aliphatic carbocycles. The molecule has 8 nitrogen and oxygen atoms in total. The monoisotopic (exact) mass is 629 g/mol. The van der Waals surface area contributed by atoms with E-state index in [1.165, 1.54) is 11.3 Å². The standard InChI is InChI=1S/C31H28BrN5O3S/c1-18-30(32)19(2)37(36-18)11-10-20-4-8-25-27(12-20)35-31(38)24-7-5-21(13-26(24)34-25)22-6-9-28(29(14-22)39-3)40-15-23-16-41-17-33-23/h4-9,12-14,16-17,34H,10-11,15H2,1-3H3,(H,35,38). The molecule has 1 amide bonds. The van der Waals surface area contributed by atoms with Crippen molar-refractivity contribution in [1.82, 2.24) is 14.8 Å². The fourth-order valence-electron chi connectivity index (χ4n) is 4.87. The number of hydrogen-bond acceptors (Lipinski definition) is 7. The second-order valence-corrected chi connectivity index (χ2v) is 11.3. The van der Waals surface area contributed by atoms with Crippen LogP contribution in [0.3, 0.4) is 0 Å². The summed E-state index contributed by atoms with van der Waals surface area (Å²) in [6.45, 7) is 5.17. The van der Waals surface area contributed by atoms with Gasteiger partial charge in [-0.1, -0.05) is 18.2 Å². The summed E-state index contributed by atoms with van der Waals surface area (Å²) in [6, 6.07) is 17.7. The number of nitrogens with one attached hydrogen (secondary N) is 2. The van der Waals surface area contributed by atoms with Crippen LogP contribution in [0, 0.1) is 13.8 Å². The minimum absolute atomic E-state index is 0.152. The quantitative estimate of drug-likeness (QED) is 0.184. The van der Waals surface area contributed by atoms with Crippen LogP contribution < -0.4 is 20.1 Å². The van der Waals surface area contributed by atoms with Crippen molar-refractivity contribution < 1.29 is 14.3 Å². The summed E-state index contributed by atoms with van der Waals surface area (Å²) >= 11 is 5.13. The molecule has 0 spiro atoms. The smallest absolute Gasteiger partial charge is 0.257 e. The summed E-state index contributed by atoms with van der Waals surface area (Å²) in [4.78, 5) is 17.5. The van der Waals surface area contributed by atoms with Crippen LogP contribution >= 0.6 is 27.3 Å². The van der Waals surface area contributed by atoms with E-state index in [4.69, 9.17) is 9.47 Å². The first-order valence-electron chi connectivity index (χ1n) is 13.1. The maximum absolute atomic E-state index is 13.2. The molecule has 10 heteroatoms. The third kappa shape index (κ3) is 5.57. The van der Waals surface area contributed by atoms with Crippen LogP contribution in [0.1, 0.15) is 33.0 Å². The Morgan fingerprint density at radius 1 is 0.951 bits per heavy atom. The molecule has 0 unspecified atom stereocenters. The summed E-state index contributed by atoms with van der Waals surface area (Å²) in [6.07, 6.45) is 0.792. The number of thiazole rings is 1. The Balaban J connectivity index is 1.22. The number of fused-ring (bicyclic) bond motifs is 2. The lowest BCUT2D eigenvalue weighted by Gasteiger charge is -2.14. The Hall–Kier alpha value is -4.15. The van der Waals surface area contributed by atoms with Crippen LogP contribution in [-0.4, -0.2) is 27.8 Å². The molecule has 208 valence electrons. The number of aryl methyl sites for hydroxylation is 3. The highest BCUT2D eigenvalue weighted by molar-refractivity contribution is 9.10. The molecule has 0 atom stereocenters. The highest BCUT2D eigenvalue weighted by atomic mass is 79.9. The van der Waals surface area contributed by atoms with Crippen molar-refractivity contribution >= 4 is 50.2 Å². The third-order valence-corrected chi connectivity index (χ3v) is 8.91. The van der Waals surface area contributed by atoms with Crippen molar-refractivity contribution in [3.8, 4) is 22.6 Å². The topological polar surface area (TPSA) is 90.3 Å². The number of rotatable bonds is 8. The van der Waals surface area contributed by atoms with Crippen LogP contribution in [-0.2, 0) is 19.6 Å². The second kappa shape index (κ2) is 11.4. The Bertz CT molecular complexity index is 1750. The molecule has 5 aromatic rings. The summed E-state index contributed by atoms with van der Waals surface area (Å²) in [7, 11) is 1.62. The molecule has 0 radical (unpaired) electrons. The van der Waals surface area contributed by atoms with Crippen LogP contribution in [0.15, 0.2) is 70.0 Å². The first kappa shape index (κ1) is 27.0. The van der Waals surface area contributed by atoms with Gasteiger partial charge in [0.2, 0.25) is 0 Å². The molecule has 3 heterocycles. The number of halogens is 1. The molecule has 6 rings (SSSR count). The maximum Gasteiger partial charge on any atom is 0.257 e. The molecular formula is C31H28BrN5O3S. The average molecular weight is 631 g/mol. The lowest BCUT2D eigenvalue weighted by atomic mass is 10.0. The van der Waals surface area contributed by atoms with Crippen molar-refractivity contribution in [3.05, 3.63) is 98.2 Å². The molecule has 41 heavy (non-hydrogen) atoms. The number of methoxy groups -OCH3 is 1. The normalized spacial score (nSPS) is 12.1. The van der Waals surface area contributed by atoms with Crippen molar-refractivity contribution in [3.63, 3.8) is 0 Å². The number of ether oxygens (including phenoxy) is 2. The molecule has 1 aliphatic heterocycles. The Kier molecular flexibility index (Phi) is 7.51. The molecule has 0 fully saturated rings. The van der Waals surface area contributed by atoms with Crippen molar-refractivity contribution in [2.24, 2.45) is 0 Å². The zero-order valence-electron chi connectivity index (χ0n) is 22.8. The molecular weight excluding hydrogens is 602 g/mol. The first-order valence-corrected chi connectivity index (χ1v) is 14.9. The predicted molar refractivity (Wildman–Crippen MR) is 166 cm³/mol. The minimum atomic E-state index is -0.152. The highest BCUT2D eigenvalue weighted by Crippen LogP contribution is 2.38. The van der Waals surface area contributed by atoms with E-state index in [1.54, 1.807) is 12.6 Å². The molecule has 2 aromatic heterocycles. The summed E-state index contributed by atoms with van der Waals surface area (Å²) in [5.74, 6) is 1.12. The molecule has 0 bridgehead atoms. The number of amides is 1. The van der Waals surface area contributed by atoms with E-state index in [-0.39, 0.29) is 5.91 Å². The van der Waals surface area contributed by atoms with Gasteiger partial charge in [0.25, 0.3) is 5.91 Å². The number of carbonyl (C=O) groups is 1. The van der Waals surface area contributed by atoms with Crippen LogP contribution in [0.2, 0.25) is 0 Å². The van der Waals surface area contributed by atoms with Gasteiger partial charge in [-0.25, -0.2) is 4.98 Å². The molecule has 1 aliphatic rings. The predicted octanol–water partition coefficient (Wildman–Crippen LogP) is 7.53. The summed E-state index contributed by atoms with van der Waals surface area (Å²) in [5, 5.41) is 13.1. The van der Waals surface area contributed by atoms with Gasteiger partial charge in [-0.15, -0.1) is 11.3 Å². The third-order valence-electron chi connectivity index (χ3n) is 7.13.